The van der Waals surface area contributed by atoms with Gasteiger partial charge in [-0.25, -0.2) is 0 Å². The van der Waals surface area contributed by atoms with E-state index >= 15 is 0 Å². The molecule has 0 bridgehead atoms. The molecule has 0 aliphatic rings. The van der Waals surface area contributed by atoms with E-state index in [1.807, 2.05) is 0 Å². The maximum Gasteiger partial charge on any atom is 0.106 e. The van der Waals surface area contributed by atoms with Gasteiger partial charge in [0.15, 0.2) is 0 Å². The third-order valence-electron chi connectivity index (χ3n) is 0.503. The Morgan fingerprint density at radius 1 is 1.75 bits per heavy atom. The molecule has 0 saturated carbocycles. The fraction of sp³-hybridized carbons (Fsp3) is 0.500. The van der Waals surface area contributed by atoms with Crippen molar-refractivity contribution in [2.45, 2.75) is 6.92 Å². The SMILES string of the molecule is CON=CC(C)=NO. The first-order chi connectivity index (χ1) is 3.81. The van der Waals surface area contributed by atoms with Crippen molar-refractivity contribution >= 4 is 11.9 Å². The van der Waals surface area contributed by atoms with Crippen LogP contribution in [-0.4, -0.2) is 24.2 Å². The summed E-state index contributed by atoms with van der Waals surface area (Å²) in [5, 5.41) is 14.1. The summed E-state index contributed by atoms with van der Waals surface area (Å²) in [6.07, 6.45) is 1.31. The topological polar surface area (TPSA) is 54.2 Å². The zero-order valence-corrected chi connectivity index (χ0v) is 4.83. The average Bonchev–Trinajstić information content (AvgIpc) is 1.83. The van der Waals surface area contributed by atoms with Gasteiger partial charge < -0.3 is 10.0 Å². The Balaban J connectivity index is 3.53. The molecule has 0 aromatic carbocycles. The Hall–Kier alpha value is -1.06. The van der Waals surface area contributed by atoms with E-state index in [-0.39, 0.29) is 0 Å². The summed E-state index contributed by atoms with van der Waals surface area (Å²) < 4.78 is 0. The van der Waals surface area contributed by atoms with Gasteiger partial charge in [-0.2, -0.15) is 0 Å². The van der Waals surface area contributed by atoms with Gasteiger partial charge in [0.1, 0.15) is 7.11 Å². The third kappa shape index (κ3) is 3.14. The molecule has 0 atom stereocenters. The van der Waals surface area contributed by atoms with Crippen molar-refractivity contribution in [3.63, 3.8) is 0 Å². The van der Waals surface area contributed by atoms with Gasteiger partial charge >= 0.3 is 0 Å². The number of rotatable bonds is 2. The van der Waals surface area contributed by atoms with E-state index in [1.165, 1.54) is 13.3 Å². The van der Waals surface area contributed by atoms with Crippen molar-refractivity contribution in [3.05, 3.63) is 0 Å². The van der Waals surface area contributed by atoms with Crippen molar-refractivity contribution in [1.82, 2.24) is 0 Å². The Bertz CT molecular complexity index is 109. The second-order valence-electron chi connectivity index (χ2n) is 1.16. The first-order valence-electron chi connectivity index (χ1n) is 2.06. The van der Waals surface area contributed by atoms with Crippen LogP contribution in [0.25, 0.3) is 0 Å². The van der Waals surface area contributed by atoms with Crippen LogP contribution in [0, 0.1) is 0 Å². The summed E-state index contributed by atoms with van der Waals surface area (Å²) >= 11 is 0. The number of hydrogen-bond donors (Lipinski definition) is 1. The molecule has 4 heteroatoms. The minimum absolute atomic E-state index is 0.409. The fourth-order valence-electron chi connectivity index (χ4n) is 0.155. The van der Waals surface area contributed by atoms with Gasteiger partial charge in [-0.3, -0.25) is 0 Å². The van der Waals surface area contributed by atoms with Crippen molar-refractivity contribution in [1.29, 1.82) is 0 Å². The Morgan fingerprint density at radius 3 is 2.75 bits per heavy atom. The van der Waals surface area contributed by atoms with Gasteiger partial charge in [-0.05, 0) is 6.92 Å². The predicted molar refractivity (Wildman–Crippen MR) is 30.4 cm³/mol. The molecule has 0 heterocycles. The molecule has 8 heavy (non-hydrogen) atoms. The lowest BCUT2D eigenvalue weighted by molar-refractivity contribution is 0.216. The molecule has 0 unspecified atom stereocenters. The van der Waals surface area contributed by atoms with Gasteiger partial charge in [0, 0.05) is 0 Å². The molecule has 0 aliphatic heterocycles. The van der Waals surface area contributed by atoms with Crippen LogP contribution in [0.2, 0.25) is 0 Å². The highest BCUT2D eigenvalue weighted by Crippen LogP contribution is 1.69. The minimum atomic E-state index is 0.409. The fourth-order valence-corrected chi connectivity index (χ4v) is 0.155. The largest absolute Gasteiger partial charge is 0.411 e. The molecular weight excluding hydrogens is 108 g/mol. The van der Waals surface area contributed by atoms with Gasteiger partial charge in [-0.15, -0.1) is 0 Å². The van der Waals surface area contributed by atoms with Gasteiger partial charge in [-0.1, -0.05) is 10.3 Å². The van der Waals surface area contributed by atoms with E-state index < -0.39 is 0 Å². The highest BCUT2D eigenvalue weighted by Gasteiger charge is 1.79. The van der Waals surface area contributed by atoms with Crippen molar-refractivity contribution < 1.29 is 10.0 Å². The van der Waals surface area contributed by atoms with E-state index in [2.05, 4.69) is 15.1 Å². The van der Waals surface area contributed by atoms with Crippen LogP contribution in [-0.2, 0) is 4.84 Å². The molecule has 46 valence electrons. The maximum atomic E-state index is 8.00. The van der Waals surface area contributed by atoms with E-state index in [4.69, 9.17) is 5.21 Å². The first kappa shape index (κ1) is 6.94. The first-order valence-corrected chi connectivity index (χ1v) is 2.06. The second kappa shape index (κ2) is 4.11. The van der Waals surface area contributed by atoms with Crippen LogP contribution < -0.4 is 0 Å². The maximum absolute atomic E-state index is 8.00. The Kier molecular flexibility index (Phi) is 3.56. The average molecular weight is 116 g/mol. The van der Waals surface area contributed by atoms with Crippen LogP contribution in [0.3, 0.4) is 0 Å². The smallest absolute Gasteiger partial charge is 0.106 e. The lowest BCUT2D eigenvalue weighted by Crippen LogP contribution is -1.91. The van der Waals surface area contributed by atoms with Crippen LogP contribution in [0.5, 0.6) is 0 Å². The number of hydrogen-bond acceptors (Lipinski definition) is 4. The van der Waals surface area contributed by atoms with Gasteiger partial charge in [0.2, 0.25) is 0 Å². The zero-order valence-electron chi connectivity index (χ0n) is 4.83. The van der Waals surface area contributed by atoms with Crippen LogP contribution >= 0.6 is 0 Å². The van der Waals surface area contributed by atoms with Gasteiger partial charge in [0.25, 0.3) is 0 Å². The Labute approximate surface area is 47.4 Å². The summed E-state index contributed by atoms with van der Waals surface area (Å²) in [5.41, 5.74) is 0.409. The van der Waals surface area contributed by atoms with E-state index in [0.29, 0.717) is 5.71 Å². The van der Waals surface area contributed by atoms with Crippen molar-refractivity contribution in [3.8, 4) is 0 Å². The molecule has 0 radical (unpaired) electrons. The summed E-state index contributed by atoms with van der Waals surface area (Å²) in [4.78, 5) is 4.29. The lowest BCUT2D eigenvalue weighted by atomic mass is 10.5. The number of nitrogens with zero attached hydrogens (tertiary/aromatic N) is 2. The molecule has 0 spiro atoms. The number of oxime groups is 2. The monoisotopic (exact) mass is 116 g/mol. The van der Waals surface area contributed by atoms with Crippen LogP contribution in [0.1, 0.15) is 6.92 Å². The lowest BCUT2D eigenvalue weighted by Gasteiger charge is -1.83. The predicted octanol–water partition coefficient (Wildman–Crippen LogP) is 0.469. The summed E-state index contributed by atoms with van der Waals surface area (Å²) in [6, 6.07) is 0. The highest BCUT2D eigenvalue weighted by atomic mass is 16.6. The van der Waals surface area contributed by atoms with E-state index in [9.17, 15) is 0 Å². The van der Waals surface area contributed by atoms with Gasteiger partial charge in [0.05, 0.1) is 11.9 Å². The molecule has 0 amide bonds. The molecule has 4 nitrogen and oxygen atoms in total. The van der Waals surface area contributed by atoms with Crippen molar-refractivity contribution in [2.24, 2.45) is 10.3 Å². The van der Waals surface area contributed by atoms with E-state index in [0.717, 1.165) is 0 Å². The zero-order chi connectivity index (χ0) is 6.41. The third-order valence-corrected chi connectivity index (χ3v) is 0.503. The molecule has 0 saturated heterocycles. The Morgan fingerprint density at radius 2 is 2.38 bits per heavy atom. The van der Waals surface area contributed by atoms with E-state index in [1.54, 1.807) is 6.92 Å². The summed E-state index contributed by atoms with van der Waals surface area (Å²) in [7, 11) is 1.42. The quantitative estimate of drug-likeness (QED) is 0.324. The molecule has 0 aromatic heterocycles. The normalized spacial score (nSPS) is 12.5. The van der Waals surface area contributed by atoms with Crippen molar-refractivity contribution in [2.75, 3.05) is 7.11 Å². The minimum Gasteiger partial charge on any atom is -0.411 e. The second-order valence-corrected chi connectivity index (χ2v) is 1.16. The molecule has 0 fully saturated rings. The standard InChI is InChI=1S/C4H8N2O2/c1-4(6-7)3-5-8-2/h3,7H,1-2H3. The molecular formula is C4H8N2O2. The molecule has 0 rings (SSSR count). The molecule has 0 aromatic rings. The molecule has 0 aliphatic carbocycles. The highest BCUT2D eigenvalue weighted by molar-refractivity contribution is 6.29. The molecule has 1 N–H and O–H groups in total. The van der Waals surface area contributed by atoms with Crippen LogP contribution in [0.4, 0.5) is 0 Å². The summed E-state index contributed by atoms with van der Waals surface area (Å²) in [6.45, 7) is 1.60. The van der Waals surface area contributed by atoms with Crippen LogP contribution in [0.15, 0.2) is 10.3 Å². The summed E-state index contributed by atoms with van der Waals surface area (Å²) in [5.74, 6) is 0.